The number of hydrogen-bond donors (Lipinski definition) is 1. The Hall–Kier alpha value is -3.21. The zero-order valence-electron chi connectivity index (χ0n) is 12.9. The van der Waals surface area contributed by atoms with Crippen molar-refractivity contribution in [2.45, 2.75) is 18.9 Å². The van der Waals surface area contributed by atoms with E-state index in [1.807, 2.05) is 6.07 Å². The molecule has 0 aliphatic carbocycles. The van der Waals surface area contributed by atoms with E-state index in [1.54, 1.807) is 24.5 Å². The van der Waals surface area contributed by atoms with E-state index in [2.05, 4.69) is 20.2 Å². The first-order valence-electron chi connectivity index (χ1n) is 7.64. The summed E-state index contributed by atoms with van der Waals surface area (Å²) >= 11 is 0. The maximum atomic E-state index is 10.8. The van der Waals surface area contributed by atoms with Crippen LogP contribution in [-0.2, 0) is 0 Å². The number of nitrogens with one attached hydrogen (secondary N) is 1. The van der Waals surface area contributed by atoms with Crippen LogP contribution >= 0.6 is 0 Å². The number of nitrogens with zero attached hydrogens (tertiary/aromatic N) is 5. The normalized spacial score (nSPS) is 17.1. The third kappa shape index (κ3) is 3.41. The lowest BCUT2D eigenvalue weighted by Crippen LogP contribution is -2.43. The molecule has 1 N–H and O–H groups in total. The van der Waals surface area contributed by atoms with E-state index in [1.165, 1.54) is 12.1 Å². The average Bonchev–Trinajstić information content (AvgIpc) is 2.63. The van der Waals surface area contributed by atoms with E-state index in [9.17, 15) is 15.4 Å². The van der Waals surface area contributed by atoms with Crippen molar-refractivity contribution in [1.29, 1.82) is 5.26 Å². The summed E-state index contributed by atoms with van der Waals surface area (Å²) in [6.07, 6.45) is 5.35. The van der Waals surface area contributed by atoms with Gasteiger partial charge in [0.25, 0.3) is 5.69 Å². The number of nitriles is 1. The molecule has 2 aromatic rings. The van der Waals surface area contributed by atoms with Gasteiger partial charge in [-0.1, -0.05) is 0 Å². The topological polar surface area (TPSA) is 108 Å². The van der Waals surface area contributed by atoms with Gasteiger partial charge in [0.15, 0.2) is 0 Å². The molecule has 1 fully saturated rings. The lowest BCUT2D eigenvalue weighted by Gasteiger charge is -2.33. The number of anilines is 2. The number of piperidine rings is 1. The summed E-state index contributed by atoms with van der Waals surface area (Å²) in [6.45, 7) is 1.60. The second-order valence-electron chi connectivity index (χ2n) is 5.58. The average molecular weight is 324 g/mol. The number of nitro benzene ring substituents is 1. The lowest BCUT2D eigenvalue weighted by atomic mass is 10.0. The van der Waals surface area contributed by atoms with Crippen molar-refractivity contribution in [3.8, 4) is 6.07 Å². The highest BCUT2D eigenvalue weighted by Crippen LogP contribution is 2.24. The van der Waals surface area contributed by atoms with Crippen LogP contribution in [0, 0.1) is 21.4 Å². The summed E-state index contributed by atoms with van der Waals surface area (Å²) in [7, 11) is 0. The fraction of sp³-hybridized carbons (Fsp3) is 0.312. The second-order valence-corrected chi connectivity index (χ2v) is 5.58. The Bertz CT molecular complexity index is 774. The first kappa shape index (κ1) is 15.7. The fourth-order valence-corrected chi connectivity index (χ4v) is 2.82. The molecule has 0 spiro atoms. The van der Waals surface area contributed by atoms with Crippen LogP contribution in [0.2, 0.25) is 0 Å². The highest BCUT2D eigenvalue weighted by molar-refractivity contribution is 5.62. The molecule has 0 bridgehead atoms. The number of rotatable bonds is 4. The maximum Gasteiger partial charge on any atom is 0.270 e. The highest BCUT2D eigenvalue weighted by atomic mass is 16.6. The van der Waals surface area contributed by atoms with E-state index < -0.39 is 4.92 Å². The maximum absolute atomic E-state index is 10.8. The number of hydrogen-bond acceptors (Lipinski definition) is 7. The Morgan fingerprint density at radius 1 is 1.38 bits per heavy atom. The Morgan fingerprint density at radius 2 is 2.17 bits per heavy atom. The largest absolute Gasteiger partial charge is 0.379 e. The summed E-state index contributed by atoms with van der Waals surface area (Å²) in [5, 5.41) is 23.4. The minimum atomic E-state index is -0.500. The Balaban J connectivity index is 1.74. The molecule has 0 unspecified atom stereocenters. The van der Waals surface area contributed by atoms with Crippen LogP contribution in [0.5, 0.6) is 0 Å². The molecule has 1 atom stereocenters. The second kappa shape index (κ2) is 6.91. The van der Waals surface area contributed by atoms with Crippen LogP contribution in [0.25, 0.3) is 0 Å². The van der Waals surface area contributed by atoms with E-state index >= 15 is 0 Å². The number of non-ortho nitro benzene ring substituents is 1. The molecule has 122 valence electrons. The van der Waals surface area contributed by atoms with E-state index in [0.29, 0.717) is 18.2 Å². The number of aromatic nitrogens is 2. The molecule has 0 amide bonds. The predicted octanol–water partition coefficient (Wildman–Crippen LogP) is 2.34. The van der Waals surface area contributed by atoms with Crippen LogP contribution in [0.4, 0.5) is 17.3 Å². The molecule has 1 aromatic heterocycles. The predicted molar refractivity (Wildman–Crippen MR) is 88.7 cm³/mol. The summed E-state index contributed by atoms with van der Waals surface area (Å²) in [6, 6.07) is 8.21. The Morgan fingerprint density at radius 3 is 2.88 bits per heavy atom. The molecule has 1 aliphatic rings. The minimum absolute atomic E-state index is 0.0833. The van der Waals surface area contributed by atoms with Gasteiger partial charge in [0, 0.05) is 43.7 Å². The Labute approximate surface area is 138 Å². The summed E-state index contributed by atoms with van der Waals surface area (Å²) in [5.74, 6) is 0.688. The monoisotopic (exact) mass is 324 g/mol. The zero-order chi connectivity index (χ0) is 16.9. The molecule has 8 nitrogen and oxygen atoms in total. The smallest absolute Gasteiger partial charge is 0.270 e. The fourth-order valence-electron chi connectivity index (χ4n) is 2.82. The highest BCUT2D eigenvalue weighted by Gasteiger charge is 2.22. The molecule has 3 rings (SSSR count). The Kier molecular flexibility index (Phi) is 4.52. The third-order valence-corrected chi connectivity index (χ3v) is 3.95. The van der Waals surface area contributed by atoms with Gasteiger partial charge in [0.05, 0.1) is 16.2 Å². The number of nitro groups is 1. The molecule has 0 radical (unpaired) electrons. The molecule has 0 saturated carbocycles. The standard InChI is InChI=1S/C16H16N6O2/c17-10-12-9-14(22(23)24)4-5-15(12)20-13-3-1-8-21(11-13)16-18-6-2-7-19-16/h2,4-7,9,13,20H,1,3,8,11H2/t13-/m1/s1. The van der Waals surface area contributed by atoms with Crippen molar-refractivity contribution in [2.75, 3.05) is 23.3 Å². The zero-order valence-corrected chi connectivity index (χ0v) is 12.9. The van der Waals surface area contributed by atoms with E-state index in [-0.39, 0.29) is 17.3 Å². The van der Waals surface area contributed by atoms with Gasteiger partial charge in [0.2, 0.25) is 5.95 Å². The molecule has 2 heterocycles. The summed E-state index contributed by atoms with van der Waals surface area (Å²) in [5.41, 5.74) is 0.807. The summed E-state index contributed by atoms with van der Waals surface area (Å²) < 4.78 is 0. The van der Waals surface area contributed by atoms with Crippen molar-refractivity contribution in [2.24, 2.45) is 0 Å². The van der Waals surface area contributed by atoms with Crippen LogP contribution in [0.1, 0.15) is 18.4 Å². The first-order valence-corrected chi connectivity index (χ1v) is 7.64. The van der Waals surface area contributed by atoms with E-state index in [0.717, 1.165) is 19.4 Å². The van der Waals surface area contributed by atoms with Gasteiger partial charge >= 0.3 is 0 Å². The van der Waals surface area contributed by atoms with Gasteiger partial charge in [-0.3, -0.25) is 10.1 Å². The van der Waals surface area contributed by atoms with Gasteiger partial charge in [0.1, 0.15) is 6.07 Å². The van der Waals surface area contributed by atoms with Crippen molar-refractivity contribution in [3.05, 3.63) is 52.3 Å². The van der Waals surface area contributed by atoms with Gasteiger partial charge in [-0.05, 0) is 25.0 Å². The molecule has 24 heavy (non-hydrogen) atoms. The SMILES string of the molecule is N#Cc1cc([N+](=O)[O-])ccc1N[C@@H]1CCCN(c2ncccn2)C1. The van der Waals surface area contributed by atoms with Crippen LogP contribution in [-0.4, -0.2) is 34.0 Å². The lowest BCUT2D eigenvalue weighted by molar-refractivity contribution is -0.384. The molecule has 1 saturated heterocycles. The van der Waals surface area contributed by atoms with Crippen LogP contribution in [0.15, 0.2) is 36.7 Å². The van der Waals surface area contributed by atoms with Gasteiger partial charge < -0.3 is 10.2 Å². The van der Waals surface area contributed by atoms with Crippen molar-refractivity contribution in [1.82, 2.24) is 9.97 Å². The van der Waals surface area contributed by atoms with Crippen molar-refractivity contribution >= 4 is 17.3 Å². The molecule has 8 heteroatoms. The summed E-state index contributed by atoms with van der Waals surface area (Å²) in [4.78, 5) is 21.0. The molecular formula is C16H16N6O2. The van der Waals surface area contributed by atoms with Gasteiger partial charge in [-0.15, -0.1) is 0 Å². The molecule has 1 aliphatic heterocycles. The van der Waals surface area contributed by atoms with Gasteiger partial charge in [-0.25, -0.2) is 9.97 Å². The van der Waals surface area contributed by atoms with Crippen molar-refractivity contribution in [3.63, 3.8) is 0 Å². The number of benzene rings is 1. The minimum Gasteiger partial charge on any atom is -0.379 e. The van der Waals surface area contributed by atoms with Crippen molar-refractivity contribution < 1.29 is 4.92 Å². The molecule has 1 aromatic carbocycles. The molecular weight excluding hydrogens is 308 g/mol. The first-order chi connectivity index (χ1) is 11.7. The quantitative estimate of drug-likeness (QED) is 0.679. The van der Waals surface area contributed by atoms with Crippen LogP contribution < -0.4 is 10.2 Å². The van der Waals surface area contributed by atoms with E-state index in [4.69, 9.17) is 0 Å². The van der Waals surface area contributed by atoms with Crippen LogP contribution in [0.3, 0.4) is 0 Å². The third-order valence-electron chi connectivity index (χ3n) is 3.95. The van der Waals surface area contributed by atoms with Gasteiger partial charge in [-0.2, -0.15) is 5.26 Å².